The highest BCUT2D eigenvalue weighted by Crippen LogP contribution is 2.17. The van der Waals surface area contributed by atoms with Crippen molar-refractivity contribution in [2.24, 2.45) is 4.99 Å². The molecular formula is C17H31IN4. The van der Waals surface area contributed by atoms with Crippen LogP contribution >= 0.6 is 24.0 Å². The number of rotatable bonds is 7. The first-order valence-electron chi connectivity index (χ1n) is 7.79. The summed E-state index contributed by atoms with van der Waals surface area (Å²) < 4.78 is 0. The molecular weight excluding hydrogens is 387 g/mol. The van der Waals surface area contributed by atoms with E-state index in [1.165, 1.54) is 36.1 Å². The molecule has 0 saturated heterocycles. The summed E-state index contributed by atoms with van der Waals surface area (Å²) in [6.07, 6.45) is 3.69. The average Bonchev–Trinajstić information content (AvgIpc) is 2.47. The van der Waals surface area contributed by atoms with Gasteiger partial charge in [-0.2, -0.15) is 0 Å². The van der Waals surface area contributed by atoms with Crippen LogP contribution in [0.4, 0.5) is 5.69 Å². The number of hydrogen-bond acceptors (Lipinski definition) is 2. The predicted octanol–water partition coefficient (Wildman–Crippen LogP) is 3.53. The number of halogens is 1. The molecule has 126 valence electrons. The molecule has 1 aromatic carbocycles. The van der Waals surface area contributed by atoms with Gasteiger partial charge in [0.15, 0.2) is 5.96 Å². The van der Waals surface area contributed by atoms with E-state index in [9.17, 15) is 0 Å². The molecule has 0 heterocycles. The molecule has 0 aliphatic heterocycles. The number of aliphatic imine (C=N–C) groups is 1. The summed E-state index contributed by atoms with van der Waals surface area (Å²) in [5.41, 5.74) is 3.84. The highest BCUT2D eigenvalue weighted by molar-refractivity contribution is 14.0. The Labute approximate surface area is 152 Å². The van der Waals surface area contributed by atoms with E-state index in [-0.39, 0.29) is 24.0 Å². The van der Waals surface area contributed by atoms with E-state index in [0.717, 1.165) is 19.0 Å². The Morgan fingerprint density at radius 3 is 2.45 bits per heavy atom. The molecule has 0 aromatic heterocycles. The molecule has 1 aromatic rings. The van der Waals surface area contributed by atoms with E-state index in [4.69, 9.17) is 0 Å². The summed E-state index contributed by atoms with van der Waals surface area (Å²) in [6, 6.07) is 6.55. The van der Waals surface area contributed by atoms with Crippen LogP contribution in [-0.2, 0) is 6.54 Å². The molecule has 0 spiro atoms. The van der Waals surface area contributed by atoms with Crippen LogP contribution in [0.25, 0.3) is 0 Å². The summed E-state index contributed by atoms with van der Waals surface area (Å²) in [5, 5.41) is 6.73. The number of guanidine groups is 1. The van der Waals surface area contributed by atoms with Crippen molar-refractivity contribution in [1.29, 1.82) is 0 Å². The number of anilines is 1. The zero-order chi connectivity index (χ0) is 15.7. The number of nitrogens with one attached hydrogen (secondary N) is 2. The van der Waals surface area contributed by atoms with Crippen molar-refractivity contribution in [1.82, 2.24) is 10.6 Å². The molecule has 5 heteroatoms. The molecule has 22 heavy (non-hydrogen) atoms. The SMILES string of the molecule is CCCCCNC(=NC)NCc1ccc(N(C)C)cc1C.I. The average molecular weight is 418 g/mol. The van der Waals surface area contributed by atoms with Crippen LogP contribution in [0.3, 0.4) is 0 Å². The fourth-order valence-corrected chi connectivity index (χ4v) is 2.14. The van der Waals surface area contributed by atoms with Gasteiger partial charge in [-0.1, -0.05) is 25.8 Å². The van der Waals surface area contributed by atoms with Crippen molar-refractivity contribution in [3.63, 3.8) is 0 Å². The second-order valence-electron chi connectivity index (χ2n) is 5.56. The predicted molar refractivity (Wildman–Crippen MR) is 109 cm³/mol. The molecule has 0 fully saturated rings. The lowest BCUT2D eigenvalue weighted by atomic mass is 10.1. The van der Waals surface area contributed by atoms with Crippen molar-refractivity contribution in [3.05, 3.63) is 29.3 Å². The Hall–Kier alpha value is -0.980. The van der Waals surface area contributed by atoms with Crippen LogP contribution in [-0.4, -0.2) is 33.6 Å². The van der Waals surface area contributed by atoms with Crippen molar-refractivity contribution >= 4 is 35.6 Å². The number of aryl methyl sites for hydroxylation is 1. The monoisotopic (exact) mass is 418 g/mol. The fraction of sp³-hybridized carbons (Fsp3) is 0.588. The van der Waals surface area contributed by atoms with Gasteiger partial charge >= 0.3 is 0 Å². The van der Waals surface area contributed by atoms with Crippen molar-refractivity contribution < 1.29 is 0 Å². The second kappa shape index (κ2) is 11.6. The summed E-state index contributed by atoms with van der Waals surface area (Å²) in [7, 11) is 5.95. The molecule has 1 rings (SSSR count). The van der Waals surface area contributed by atoms with Gasteiger partial charge in [0.2, 0.25) is 0 Å². The molecule has 4 nitrogen and oxygen atoms in total. The summed E-state index contributed by atoms with van der Waals surface area (Å²) in [5.74, 6) is 0.877. The lowest BCUT2D eigenvalue weighted by molar-refractivity contribution is 0.682. The van der Waals surface area contributed by atoms with Crippen LogP contribution in [0, 0.1) is 6.92 Å². The van der Waals surface area contributed by atoms with E-state index in [0.29, 0.717) is 0 Å². The number of benzene rings is 1. The third-order valence-electron chi connectivity index (χ3n) is 3.59. The molecule has 0 bridgehead atoms. The quantitative estimate of drug-likeness (QED) is 0.308. The third-order valence-corrected chi connectivity index (χ3v) is 3.59. The number of nitrogens with zero attached hydrogens (tertiary/aromatic N) is 2. The molecule has 0 amide bonds. The lowest BCUT2D eigenvalue weighted by Crippen LogP contribution is -2.37. The summed E-state index contributed by atoms with van der Waals surface area (Å²) in [4.78, 5) is 6.39. The number of unbranched alkanes of at least 4 members (excludes halogenated alkanes) is 2. The van der Waals surface area contributed by atoms with Gasteiger partial charge in [0, 0.05) is 39.9 Å². The minimum atomic E-state index is 0. The molecule has 0 unspecified atom stereocenters. The van der Waals surface area contributed by atoms with Gasteiger partial charge in [-0.3, -0.25) is 4.99 Å². The standard InChI is InChI=1S/C17H30N4.HI/c1-6-7-8-11-19-17(18-3)20-13-15-9-10-16(21(4)5)12-14(15)2;/h9-10,12H,6-8,11,13H2,1-5H3,(H2,18,19,20);1H. The van der Waals surface area contributed by atoms with E-state index in [1.54, 1.807) is 0 Å². The van der Waals surface area contributed by atoms with Crippen molar-refractivity contribution in [3.8, 4) is 0 Å². The van der Waals surface area contributed by atoms with Crippen LogP contribution < -0.4 is 15.5 Å². The Balaban J connectivity index is 0.00000441. The molecule has 0 atom stereocenters. The fourth-order valence-electron chi connectivity index (χ4n) is 2.14. The van der Waals surface area contributed by atoms with Crippen LogP contribution in [0.1, 0.15) is 37.3 Å². The third kappa shape index (κ3) is 7.33. The maximum Gasteiger partial charge on any atom is 0.191 e. The van der Waals surface area contributed by atoms with Crippen LogP contribution in [0.2, 0.25) is 0 Å². The maximum atomic E-state index is 4.26. The van der Waals surface area contributed by atoms with E-state index >= 15 is 0 Å². The zero-order valence-corrected chi connectivity index (χ0v) is 16.9. The van der Waals surface area contributed by atoms with E-state index < -0.39 is 0 Å². The normalized spacial score (nSPS) is 10.9. The smallest absolute Gasteiger partial charge is 0.191 e. The zero-order valence-electron chi connectivity index (χ0n) is 14.6. The summed E-state index contributed by atoms with van der Waals surface area (Å²) in [6.45, 7) is 6.15. The van der Waals surface area contributed by atoms with Crippen LogP contribution in [0.5, 0.6) is 0 Å². The highest BCUT2D eigenvalue weighted by Gasteiger charge is 2.03. The van der Waals surface area contributed by atoms with Crippen molar-refractivity contribution in [2.75, 3.05) is 32.6 Å². The van der Waals surface area contributed by atoms with Gasteiger partial charge in [-0.25, -0.2) is 0 Å². The van der Waals surface area contributed by atoms with Gasteiger partial charge in [0.05, 0.1) is 0 Å². The molecule has 2 N–H and O–H groups in total. The minimum absolute atomic E-state index is 0. The Kier molecular flexibility index (Phi) is 11.1. The molecule has 0 radical (unpaired) electrons. The van der Waals surface area contributed by atoms with Crippen LogP contribution in [0.15, 0.2) is 23.2 Å². The highest BCUT2D eigenvalue weighted by atomic mass is 127. The Bertz CT molecular complexity index is 458. The van der Waals surface area contributed by atoms with Gasteiger partial charge in [-0.15, -0.1) is 24.0 Å². The summed E-state index contributed by atoms with van der Waals surface area (Å²) >= 11 is 0. The maximum absolute atomic E-state index is 4.26. The molecule has 0 aliphatic rings. The second-order valence-corrected chi connectivity index (χ2v) is 5.56. The van der Waals surface area contributed by atoms with E-state index in [2.05, 4.69) is 66.7 Å². The van der Waals surface area contributed by atoms with Gasteiger partial charge in [-0.05, 0) is 36.6 Å². The van der Waals surface area contributed by atoms with Gasteiger partial charge in [0.1, 0.15) is 0 Å². The van der Waals surface area contributed by atoms with Gasteiger partial charge in [0.25, 0.3) is 0 Å². The number of hydrogen-bond donors (Lipinski definition) is 2. The van der Waals surface area contributed by atoms with Gasteiger partial charge < -0.3 is 15.5 Å². The first kappa shape index (κ1) is 21.0. The van der Waals surface area contributed by atoms with Crippen molar-refractivity contribution in [2.45, 2.75) is 39.7 Å². The first-order chi connectivity index (χ1) is 10.1. The first-order valence-corrected chi connectivity index (χ1v) is 7.79. The molecule has 0 saturated carbocycles. The van der Waals surface area contributed by atoms with E-state index in [1.807, 2.05) is 7.05 Å². The largest absolute Gasteiger partial charge is 0.378 e. The topological polar surface area (TPSA) is 39.7 Å². The lowest BCUT2D eigenvalue weighted by Gasteiger charge is -2.16. The Morgan fingerprint density at radius 2 is 1.91 bits per heavy atom. The Morgan fingerprint density at radius 1 is 1.18 bits per heavy atom. The minimum Gasteiger partial charge on any atom is -0.378 e. The molecule has 0 aliphatic carbocycles.